The molecule has 5 nitrogen and oxygen atoms in total. The average Bonchev–Trinajstić information content (AvgIpc) is 2.66. The second-order valence-electron chi connectivity index (χ2n) is 6.44. The summed E-state index contributed by atoms with van der Waals surface area (Å²) in [5, 5.41) is 7.69. The molecule has 130 valence electrons. The van der Waals surface area contributed by atoms with E-state index in [9.17, 15) is 9.59 Å². The van der Waals surface area contributed by atoms with Crippen molar-refractivity contribution in [3.8, 4) is 0 Å². The number of hydrogen-bond donors (Lipinski definition) is 3. The number of nitrogens with two attached hydrogens (primary N) is 1. The van der Waals surface area contributed by atoms with Crippen LogP contribution in [-0.4, -0.2) is 24.4 Å². The maximum Gasteiger partial charge on any atom is 0.279 e. The zero-order valence-electron chi connectivity index (χ0n) is 14.4. The van der Waals surface area contributed by atoms with Crippen molar-refractivity contribution in [2.45, 2.75) is 32.0 Å². The SMILES string of the molecule is C[C@@H](NC(=O)CNC(=O)[C@@H]1Cc2ccccc2C[NH2+]1)c1ccccc1. The van der Waals surface area contributed by atoms with E-state index in [-0.39, 0.29) is 30.4 Å². The molecule has 4 N–H and O–H groups in total. The van der Waals surface area contributed by atoms with Crippen molar-refractivity contribution >= 4 is 11.8 Å². The third-order valence-electron chi connectivity index (χ3n) is 4.62. The molecule has 0 spiro atoms. The second kappa shape index (κ2) is 7.94. The maximum atomic E-state index is 12.3. The van der Waals surface area contributed by atoms with Crippen LogP contribution in [0.25, 0.3) is 0 Å². The van der Waals surface area contributed by atoms with Crippen LogP contribution in [0.2, 0.25) is 0 Å². The number of hydrogen-bond acceptors (Lipinski definition) is 2. The van der Waals surface area contributed by atoms with Crippen LogP contribution in [0.4, 0.5) is 0 Å². The lowest BCUT2D eigenvalue weighted by molar-refractivity contribution is -0.695. The van der Waals surface area contributed by atoms with Gasteiger partial charge in [0.05, 0.1) is 12.6 Å². The van der Waals surface area contributed by atoms with Gasteiger partial charge in [0.2, 0.25) is 5.91 Å². The van der Waals surface area contributed by atoms with Gasteiger partial charge in [-0.1, -0.05) is 54.6 Å². The van der Waals surface area contributed by atoms with E-state index in [2.05, 4.69) is 22.8 Å². The van der Waals surface area contributed by atoms with Crippen LogP contribution in [0.15, 0.2) is 54.6 Å². The van der Waals surface area contributed by atoms with Gasteiger partial charge in [0.15, 0.2) is 6.04 Å². The van der Waals surface area contributed by atoms with Gasteiger partial charge < -0.3 is 16.0 Å². The summed E-state index contributed by atoms with van der Waals surface area (Å²) in [5.74, 6) is -0.266. The monoisotopic (exact) mass is 338 g/mol. The molecule has 3 rings (SSSR count). The third kappa shape index (κ3) is 4.45. The van der Waals surface area contributed by atoms with Crippen LogP contribution in [0.3, 0.4) is 0 Å². The highest BCUT2D eigenvalue weighted by atomic mass is 16.2. The molecule has 0 aromatic heterocycles. The molecule has 2 aromatic rings. The van der Waals surface area contributed by atoms with Crippen LogP contribution in [-0.2, 0) is 22.6 Å². The van der Waals surface area contributed by atoms with Gasteiger partial charge in [0, 0.05) is 12.0 Å². The van der Waals surface area contributed by atoms with Crippen molar-refractivity contribution in [3.63, 3.8) is 0 Å². The predicted octanol–water partition coefficient (Wildman–Crippen LogP) is 0.668. The topological polar surface area (TPSA) is 74.8 Å². The first-order chi connectivity index (χ1) is 12.1. The summed E-state index contributed by atoms with van der Waals surface area (Å²) in [6.07, 6.45) is 0.698. The zero-order chi connectivity index (χ0) is 17.6. The molecule has 2 amide bonds. The number of rotatable bonds is 5. The quantitative estimate of drug-likeness (QED) is 0.749. The van der Waals surface area contributed by atoms with Crippen molar-refractivity contribution < 1.29 is 14.9 Å². The number of benzene rings is 2. The van der Waals surface area contributed by atoms with E-state index in [0.717, 1.165) is 12.1 Å². The van der Waals surface area contributed by atoms with Crippen LogP contribution < -0.4 is 16.0 Å². The van der Waals surface area contributed by atoms with Gasteiger partial charge in [0.25, 0.3) is 5.91 Å². The first-order valence-electron chi connectivity index (χ1n) is 8.65. The van der Waals surface area contributed by atoms with Gasteiger partial charge in [-0.2, -0.15) is 0 Å². The van der Waals surface area contributed by atoms with Crippen molar-refractivity contribution in [2.24, 2.45) is 0 Å². The standard InChI is InChI=1S/C20H23N3O2/c1-14(15-7-3-2-4-8-15)23-19(24)13-22-20(25)18-11-16-9-5-6-10-17(16)12-21-18/h2-10,14,18,21H,11-13H2,1H3,(H,22,25)(H,23,24)/p+1/t14-,18+/m1/s1. The van der Waals surface area contributed by atoms with Gasteiger partial charge in [-0.3, -0.25) is 9.59 Å². The van der Waals surface area contributed by atoms with Crippen molar-refractivity contribution in [2.75, 3.05) is 6.54 Å². The molecule has 25 heavy (non-hydrogen) atoms. The Morgan fingerprint density at radius 2 is 1.76 bits per heavy atom. The minimum absolute atomic E-state index is 0.00198. The normalized spacial score (nSPS) is 17.2. The molecule has 0 fully saturated rings. The van der Waals surface area contributed by atoms with E-state index in [4.69, 9.17) is 0 Å². The fourth-order valence-electron chi connectivity index (χ4n) is 3.16. The van der Waals surface area contributed by atoms with Gasteiger partial charge in [0.1, 0.15) is 6.54 Å². The van der Waals surface area contributed by atoms with E-state index >= 15 is 0 Å². The lowest BCUT2D eigenvalue weighted by atomic mass is 9.95. The van der Waals surface area contributed by atoms with Crippen molar-refractivity contribution in [1.82, 2.24) is 10.6 Å². The van der Waals surface area contributed by atoms with E-state index in [1.165, 1.54) is 11.1 Å². The Hall–Kier alpha value is -2.66. The Bertz CT molecular complexity index is 746. The maximum absolute atomic E-state index is 12.3. The van der Waals surface area contributed by atoms with Crippen molar-refractivity contribution in [1.29, 1.82) is 0 Å². The molecule has 1 heterocycles. The fraction of sp³-hybridized carbons (Fsp3) is 0.300. The average molecular weight is 338 g/mol. The zero-order valence-corrected chi connectivity index (χ0v) is 14.4. The minimum Gasteiger partial charge on any atom is -0.348 e. The Balaban J connectivity index is 1.47. The summed E-state index contributed by atoms with van der Waals surface area (Å²) in [4.78, 5) is 24.4. The lowest BCUT2D eigenvalue weighted by Gasteiger charge is -2.22. The summed E-state index contributed by atoms with van der Waals surface area (Å²) in [6.45, 7) is 2.73. The third-order valence-corrected chi connectivity index (χ3v) is 4.62. The molecule has 0 saturated carbocycles. The van der Waals surface area contributed by atoms with Crippen LogP contribution >= 0.6 is 0 Å². The number of amides is 2. The van der Waals surface area contributed by atoms with Crippen LogP contribution in [0.5, 0.6) is 0 Å². The largest absolute Gasteiger partial charge is 0.348 e. The van der Waals surface area contributed by atoms with Gasteiger partial charge in [-0.25, -0.2) is 0 Å². The predicted molar refractivity (Wildman–Crippen MR) is 95.6 cm³/mol. The Labute approximate surface area is 147 Å². The van der Waals surface area contributed by atoms with Crippen LogP contribution in [0.1, 0.15) is 29.7 Å². The molecule has 1 aliphatic heterocycles. The molecule has 2 atom stereocenters. The van der Waals surface area contributed by atoms with Gasteiger partial charge in [-0.15, -0.1) is 0 Å². The van der Waals surface area contributed by atoms with E-state index in [1.807, 2.05) is 54.7 Å². The molecule has 0 aliphatic carbocycles. The lowest BCUT2D eigenvalue weighted by Crippen LogP contribution is -2.93. The van der Waals surface area contributed by atoms with E-state index in [0.29, 0.717) is 6.42 Å². The highest BCUT2D eigenvalue weighted by Crippen LogP contribution is 2.13. The fourth-order valence-corrected chi connectivity index (χ4v) is 3.16. The molecular formula is C20H24N3O2+. The first kappa shape index (κ1) is 17.2. The van der Waals surface area contributed by atoms with Crippen LogP contribution in [0, 0.1) is 0 Å². The summed E-state index contributed by atoms with van der Waals surface area (Å²) < 4.78 is 0. The van der Waals surface area contributed by atoms with E-state index in [1.54, 1.807) is 0 Å². The Morgan fingerprint density at radius 3 is 2.52 bits per heavy atom. The molecule has 0 bridgehead atoms. The summed E-state index contributed by atoms with van der Waals surface area (Å²) in [6, 6.07) is 17.7. The van der Waals surface area contributed by atoms with Gasteiger partial charge in [-0.05, 0) is 18.1 Å². The van der Waals surface area contributed by atoms with Gasteiger partial charge >= 0.3 is 0 Å². The highest BCUT2D eigenvalue weighted by molar-refractivity contribution is 5.87. The summed E-state index contributed by atoms with van der Waals surface area (Å²) in [5.41, 5.74) is 3.53. The number of carbonyl (C=O) groups is 2. The smallest absolute Gasteiger partial charge is 0.279 e. The number of carbonyl (C=O) groups excluding carboxylic acids is 2. The highest BCUT2D eigenvalue weighted by Gasteiger charge is 2.27. The number of quaternary nitrogens is 1. The summed E-state index contributed by atoms with van der Waals surface area (Å²) >= 11 is 0. The molecule has 5 heteroatoms. The molecule has 1 aliphatic rings. The molecule has 2 aromatic carbocycles. The Kier molecular flexibility index (Phi) is 5.46. The molecule has 0 radical (unpaired) electrons. The molecule has 0 unspecified atom stereocenters. The Morgan fingerprint density at radius 1 is 1.08 bits per heavy atom. The minimum atomic E-state index is -0.180. The molecule has 0 saturated heterocycles. The second-order valence-corrected chi connectivity index (χ2v) is 6.44. The first-order valence-corrected chi connectivity index (χ1v) is 8.65. The number of fused-ring (bicyclic) bond motifs is 1. The number of nitrogens with one attached hydrogen (secondary N) is 2. The van der Waals surface area contributed by atoms with E-state index < -0.39 is 0 Å². The summed E-state index contributed by atoms with van der Waals surface area (Å²) in [7, 11) is 0. The van der Waals surface area contributed by atoms with Crippen molar-refractivity contribution in [3.05, 3.63) is 71.3 Å². The molecular weight excluding hydrogens is 314 g/mol.